The second-order valence-electron chi connectivity index (χ2n) is 4.51. The Labute approximate surface area is 105 Å². The standard InChI is InChI=1S/C12H15Cl2NO/c13-10-2-1-8(5-11(10)14)12(7-15)4-3-9(16)6-12/h1-2,5,9,16H,3-4,6-7,15H2/t9-,12-/m1/s1. The summed E-state index contributed by atoms with van der Waals surface area (Å²) in [6.45, 7) is 0.530. The van der Waals surface area contributed by atoms with Crippen molar-refractivity contribution in [3.8, 4) is 0 Å². The molecule has 1 fully saturated rings. The van der Waals surface area contributed by atoms with Crippen molar-refractivity contribution in [3.63, 3.8) is 0 Å². The molecular weight excluding hydrogens is 245 g/mol. The topological polar surface area (TPSA) is 46.2 Å². The first-order chi connectivity index (χ1) is 7.57. The van der Waals surface area contributed by atoms with E-state index in [1.165, 1.54) is 0 Å². The van der Waals surface area contributed by atoms with Crippen LogP contribution in [-0.2, 0) is 5.41 Å². The molecule has 0 spiro atoms. The molecule has 1 aliphatic carbocycles. The Hall–Kier alpha value is -0.280. The quantitative estimate of drug-likeness (QED) is 0.858. The molecule has 0 saturated heterocycles. The predicted octanol–water partition coefficient (Wildman–Crippen LogP) is 2.73. The van der Waals surface area contributed by atoms with Crippen molar-refractivity contribution in [3.05, 3.63) is 33.8 Å². The van der Waals surface area contributed by atoms with E-state index >= 15 is 0 Å². The fourth-order valence-corrected chi connectivity index (χ4v) is 2.79. The van der Waals surface area contributed by atoms with Gasteiger partial charge in [-0.25, -0.2) is 0 Å². The van der Waals surface area contributed by atoms with E-state index in [2.05, 4.69) is 0 Å². The first-order valence-electron chi connectivity index (χ1n) is 5.41. The summed E-state index contributed by atoms with van der Waals surface area (Å²) in [5, 5.41) is 10.8. The lowest BCUT2D eigenvalue weighted by molar-refractivity contribution is 0.174. The van der Waals surface area contributed by atoms with Crippen molar-refractivity contribution in [2.75, 3.05) is 6.54 Å². The van der Waals surface area contributed by atoms with Crippen LogP contribution in [0.5, 0.6) is 0 Å². The monoisotopic (exact) mass is 259 g/mol. The van der Waals surface area contributed by atoms with Gasteiger partial charge in [0.05, 0.1) is 16.1 Å². The zero-order chi connectivity index (χ0) is 11.8. The van der Waals surface area contributed by atoms with E-state index in [-0.39, 0.29) is 11.5 Å². The largest absolute Gasteiger partial charge is 0.393 e. The third kappa shape index (κ3) is 2.07. The third-order valence-electron chi connectivity index (χ3n) is 3.51. The molecule has 2 nitrogen and oxygen atoms in total. The molecule has 2 rings (SSSR count). The van der Waals surface area contributed by atoms with Crippen LogP contribution < -0.4 is 5.73 Å². The average Bonchev–Trinajstić information content (AvgIpc) is 2.65. The molecule has 16 heavy (non-hydrogen) atoms. The zero-order valence-electron chi connectivity index (χ0n) is 8.92. The minimum Gasteiger partial charge on any atom is -0.393 e. The molecule has 0 aliphatic heterocycles. The lowest BCUT2D eigenvalue weighted by Gasteiger charge is -2.28. The number of hydrogen-bond donors (Lipinski definition) is 2. The highest BCUT2D eigenvalue weighted by Crippen LogP contribution is 2.41. The lowest BCUT2D eigenvalue weighted by atomic mass is 9.79. The Balaban J connectivity index is 2.37. The summed E-state index contributed by atoms with van der Waals surface area (Å²) < 4.78 is 0. The van der Waals surface area contributed by atoms with Gasteiger partial charge in [0.25, 0.3) is 0 Å². The number of nitrogens with two attached hydrogens (primary N) is 1. The fraction of sp³-hybridized carbons (Fsp3) is 0.500. The molecule has 1 aromatic rings. The van der Waals surface area contributed by atoms with Crippen LogP contribution >= 0.6 is 23.2 Å². The van der Waals surface area contributed by atoms with Crippen molar-refractivity contribution in [1.82, 2.24) is 0 Å². The van der Waals surface area contributed by atoms with E-state index in [4.69, 9.17) is 28.9 Å². The lowest BCUT2D eigenvalue weighted by Crippen LogP contribution is -2.33. The molecule has 3 N–H and O–H groups in total. The summed E-state index contributed by atoms with van der Waals surface area (Å²) in [5.41, 5.74) is 6.82. The minimum absolute atomic E-state index is 0.131. The van der Waals surface area contributed by atoms with Crippen molar-refractivity contribution in [2.45, 2.75) is 30.8 Å². The fourth-order valence-electron chi connectivity index (χ4n) is 2.49. The SMILES string of the molecule is NC[C@@]1(c2ccc(Cl)c(Cl)c2)CC[C@@H](O)C1. The molecule has 88 valence electrons. The molecule has 4 heteroatoms. The molecule has 0 bridgehead atoms. The maximum Gasteiger partial charge on any atom is 0.0595 e. The second kappa shape index (κ2) is 4.53. The van der Waals surface area contributed by atoms with E-state index in [1.54, 1.807) is 6.07 Å². The van der Waals surface area contributed by atoms with Crippen LogP contribution in [0.25, 0.3) is 0 Å². The number of halogens is 2. The molecule has 0 heterocycles. The third-order valence-corrected chi connectivity index (χ3v) is 4.24. The van der Waals surface area contributed by atoms with Crippen LogP contribution in [-0.4, -0.2) is 17.8 Å². The summed E-state index contributed by atoms with van der Waals surface area (Å²) in [7, 11) is 0. The molecule has 0 radical (unpaired) electrons. The smallest absolute Gasteiger partial charge is 0.0595 e. The van der Waals surface area contributed by atoms with Crippen molar-refractivity contribution in [1.29, 1.82) is 0 Å². The molecule has 1 aromatic carbocycles. The summed E-state index contributed by atoms with van der Waals surface area (Å²) >= 11 is 11.9. The van der Waals surface area contributed by atoms with E-state index in [0.717, 1.165) is 18.4 Å². The summed E-state index contributed by atoms with van der Waals surface area (Å²) in [4.78, 5) is 0. The van der Waals surface area contributed by atoms with Gasteiger partial charge in [-0.1, -0.05) is 29.3 Å². The molecule has 0 amide bonds. The molecule has 0 aromatic heterocycles. The van der Waals surface area contributed by atoms with Gasteiger partial charge in [-0.2, -0.15) is 0 Å². The number of benzene rings is 1. The van der Waals surface area contributed by atoms with Crippen LogP contribution in [0, 0.1) is 0 Å². The predicted molar refractivity (Wildman–Crippen MR) is 67.1 cm³/mol. The van der Waals surface area contributed by atoms with E-state index in [1.807, 2.05) is 12.1 Å². The van der Waals surface area contributed by atoms with Gasteiger partial charge in [0.1, 0.15) is 0 Å². The van der Waals surface area contributed by atoms with Gasteiger partial charge in [0.15, 0.2) is 0 Å². The van der Waals surface area contributed by atoms with Crippen LogP contribution in [0.15, 0.2) is 18.2 Å². The van der Waals surface area contributed by atoms with Gasteiger partial charge in [-0.05, 0) is 37.0 Å². The van der Waals surface area contributed by atoms with Gasteiger partial charge in [0.2, 0.25) is 0 Å². The molecule has 1 aliphatic rings. The van der Waals surface area contributed by atoms with Crippen molar-refractivity contribution in [2.24, 2.45) is 5.73 Å². The van der Waals surface area contributed by atoms with Crippen LogP contribution in [0.1, 0.15) is 24.8 Å². The molecular formula is C12H15Cl2NO. The van der Waals surface area contributed by atoms with E-state index < -0.39 is 0 Å². The summed E-state index contributed by atoms with van der Waals surface area (Å²) in [6.07, 6.45) is 2.17. The molecule has 1 saturated carbocycles. The van der Waals surface area contributed by atoms with Crippen LogP contribution in [0.2, 0.25) is 10.0 Å². The van der Waals surface area contributed by atoms with Crippen molar-refractivity contribution < 1.29 is 5.11 Å². The normalized spacial score (nSPS) is 29.6. The Morgan fingerprint density at radius 3 is 2.62 bits per heavy atom. The summed E-state index contributed by atoms with van der Waals surface area (Å²) in [5.74, 6) is 0. The highest BCUT2D eigenvalue weighted by Gasteiger charge is 2.38. The minimum atomic E-state index is -0.252. The molecule has 0 unspecified atom stereocenters. The Morgan fingerprint density at radius 1 is 1.38 bits per heavy atom. The second-order valence-corrected chi connectivity index (χ2v) is 5.32. The maximum atomic E-state index is 9.67. The number of rotatable bonds is 2. The van der Waals surface area contributed by atoms with Gasteiger partial charge in [-0.3, -0.25) is 0 Å². The highest BCUT2D eigenvalue weighted by atomic mass is 35.5. The van der Waals surface area contributed by atoms with E-state index in [0.29, 0.717) is 23.0 Å². The Morgan fingerprint density at radius 2 is 2.12 bits per heavy atom. The van der Waals surface area contributed by atoms with E-state index in [9.17, 15) is 5.11 Å². The van der Waals surface area contributed by atoms with Gasteiger partial charge in [0, 0.05) is 12.0 Å². The van der Waals surface area contributed by atoms with Crippen LogP contribution in [0.4, 0.5) is 0 Å². The average molecular weight is 260 g/mol. The first-order valence-corrected chi connectivity index (χ1v) is 6.17. The maximum absolute atomic E-state index is 9.67. The van der Waals surface area contributed by atoms with Gasteiger partial charge in [-0.15, -0.1) is 0 Å². The molecule has 2 atom stereocenters. The number of hydrogen-bond acceptors (Lipinski definition) is 2. The summed E-state index contributed by atoms with van der Waals surface area (Å²) in [6, 6.07) is 5.62. The Bertz CT molecular complexity index is 397. The van der Waals surface area contributed by atoms with Gasteiger partial charge < -0.3 is 10.8 Å². The van der Waals surface area contributed by atoms with Gasteiger partial charge >= 0.3 is 0 Å². The number of aliphatic hydroxyl groups is 1. The number of aliphatic hydroxyl groups excluding tert-OH is 1. The zero-order valence-corrected chi connectivity index (χ0v) is 10.4. The Kier molecular flexibility index (Phi) is 3.45. The first kappa shape index (κ1) is 12.2. The highest BCUT2D eigenvalue weighted by molar-refractivity contribution is 6.42. The van der Waals surface area contributed by atoms with Crippen molar-refractivity contribution >= 4 is 23.2 Å². The van der Waals surface area contributed by atoms with Crippen LogP contribution in [0.3, 0.4) is 0 Å².